The van der Waals surface area contributed by atoms with Crippen molar-refractivity contribution in [3.8, 4) is 0 Å². The Bertz CT molecular complexity index is 135. The van der Waals surface area contributed by atoms with Crippen molar-refractivity contribution in [3.63, 3.8) is 0 Å². The Morgan fingerprint density at radius 1 is 1.00 bits per heavy atom. The Balaban J connectivity index is -0.000000212. The van der Waals surface area contributed by atoms with Crippen molar-refractivity contribution in [3.05, 3.63) is 0 Å². The number of hydrogen-bond acceptors (Lipinski definition) is 5. The number of hydrogen-bond donors (Lipinski definition) is 2. The van der Waals surface area contributed by atoms with E-state index in [0.29, 0.717) is 6.61 Å². The van der Waals surface area contributed by atoms with E-state index < -0.39 is 0 Å². The van der Waals surface area contributed by atoms with Crippen LogP contribution >= 0.6 is 0 Å². The van der Waals surface area contributed by atoms with Crippen LogP contribution in [0.1, 0.15) is 47.0 Å². The van der Waals surface area contributed by atoms with Crippen LogP contribution in [0, 0.1) is 0 Å². The van der Waals surface area contributed by atoms with Gasteiger partial charge < -0.3 is 19.7 Å². The fourth-order valence-corrected chi connectivity index (χ4v) is 0.772. The van der Waals surface area contributed by atoms with Crippen LogP contribution in [0.15, 0.2) is 0 Å². The summed E-state index contributed by atoms with van der Waals surface area (Å²) in [7, 11) is 0. The second-order valence-electron chi connectivity index (χ2n) is 3.28. The van der Waals surface area contributed by atoms with Crippen LogP contribution in [0.5, 0.6) is 0 Å². The summed E-state index contributed by atoms with van der Waals surface area (Å²) in [4.78, 5) is 10.2. The molecule has 0 spiro atoms. The summed E-state index contributed by atoms with van der Waals surface area (Å²) in [6.07, 6.45) is 3.31. The van der Waals surface area contributed by atoms with E-state index in [1.54, 1.807) is 0 Å². The molecule has 0 atom stereocenters. The highest BCUT2D eigenvalue weighted by Gasteiger charge is 1.89. The SMILES string of the molecule is CCCCCOC(C)=O.CCOCC.OCCO. The van der Waals surface area contributed by atoms with E-state index in [0.717, 1.165) is 26.1 Å². The minimum absolute atomic E-state index is 0.125. The first-order chi connectivity index (χ1) is 8.60. The molecule has 5 nitrogen and oxygen atoms in total. The molecule has 0 saturated heterocycles. The Morgan fingerprint density at radius 2 is 1.50 bits per heavy atom. The maximum Gasteiger partial charge on any atom is 0.302 e. The normalized spacial score (nSPS) is 8.56. The topological polar surface area (TPSA) is 76.0 Å². The molecular formula is C13H30O5. The van der Waals surface area contributed by atoms with Crippen LogP contribution < -0.4 is 0 Å². The highest BCUT2D eigenvalue weighted by Crippen LogP contribution is 1.93. The predicted molar refractivity (Wildman–Crippen MR) is 72.5 cm³/mol. The fraction of sp³-hybridized carbons (Fsp3) is 0.923. The molecule has 0 aliphatic heterocycles. The molecule has 0 heterocycles. The zero-order valence-corrected chi connectivity index (χ0v) is 12.3. The lowest BCUT2D eigenvalue weighted by Gasteiger charge is -1.98. The van der Waals surface area contributed by atoms with Crippen LogP contribution in [-0.2, 0) is 14.3 Å². The molecule has 0 fully saturated rings. The molecule has 0 radical (unpaired) electrons. The van der Waals surface area contributed by atoms with Crippen LogP contribution in [0.2, 0.25) is 0 Å². The van der Waals surface area contributed by atoms with E-state index in [9.17, 15) is 4.79 Å². The number of ether oxygens (including phenoxy) is 2. The first kappa shape index (κ1) is 22.5. The molecule has 0 unspecified atom stereocenters. The molecule has 0 aliphatic carbocycles. The third-order valence-corrected chi connectivity index (χ3v) is 1.56. The van der Waals surface area contributed by atoms with Crippen LogP contribution in [0.3, 0.4) is 0 Å². The van der Waals surface area contributed by atoms with Gasteiger partial charge in [0.25, 0.3) is 0 Å². The maximum absolute atomic E-state index is 10.2. The summed E-state index contributed by atoms with van der Waals surface area (Å²) >= 11 is 0. The Kier molecular flexibility index (Phi) is 31.6. The van der Waals surface area contributed by atoms with E-state index in [1.807, 2.05) is 13.8 Å². The number of rotatable bonds is 7. The number of esters is 1. The van der Waals surface area contributed by atoms with E-state index >= 15 is 0 Å². The molecule has 0 saturated carbocycles. The second kappa shape index (κ2) is 25.3. The number of unbranched alkanes of at least 4 members (excludes halogenated alkanes) is 2. The highest BCUT2D eigenvalue weighted by atomic mass is 16.5. The monoisotopic (exact) mass is 266 g/mol. The molecule has 2 N–H and O–H groups in total. The Hall–Kier alpha value is -0.650. The highest BCUT2D eigenvalue weighted by molar-refractivity contribution is 5.65. The standard InChI is InChI=1S/C7H14O2.C4H10O.C2H6O2/c1-3-4-5-6-9-7(2)8;1-3-5-4-2;3-1-2-4/h3-6H2,1-2H3;3-4H2,1-2H3;3-4H,1-2H2. The number of aliphatic hydroxyl groups excluding tert-OH is 2. The number of carbonyl (C=O) groups excluding carboxylic acids is 1. The zero-order valence-electron chi connectivity index (χ0n) is 12.3. The molecule has 0 aromatic heterocycles. The van der Waals surface area contributed by atoms with Crippen LogP contribution in [0.25, 0.3) is 0 Å². The average Bonchev–Trinajstić information content (AvgIpc) is 2.36. The molecule has 112 valence electrons. The average molecular weight is 266 g/mol. The summed E-state index contributed by atoms with van der Waals surface area (Å²) in [6, 6.07) is 0. The van der Waals surface area contributed by atoms with Crippen molar-refractivity contribution in [2.75, 3.05) is 33.0 Å². The summed E-state index contributed by atoms with van der Waals surface area (Å²) < 4.78 is 9.54. The minimum atomic E-state index is -0.175. The first-order valence-corrected chi connectivity index (χ1v) is 6.53. The van der Waals surface area contributed by atoms with Crippen molar-refractivity contribution < 1.29 is 24.5 Å². The second-order valence-corrected chi connectivity index (χ2v) is 3.28. The van der Waals surface area contributed by atoms with Gasteiger partial charge in [-0.05, 0) is 20.3 Å². The fourth-order valence-electron chi connectivity index (χ4n) is 0.772. The number of carbonyl (C=O) groups is 1. The summed E-state index contributed by atoms with van der Waals surface area (Å²) in [6.45, 7) is 9.56. The van der Waals surface area contributed by atoms with E-state index in [-0.39, 0.29) is 19.2 Å². The van der Waals surface area contributed by atoms with Gasteiger partial charge in [-0.2, -0.15) is 0 Å². The smallest absolute Gasteiger partial charge is 0.302 e. The summed E-state index contributed by atoms with van der Waals surface area (Å²) in [5, 5.41) is 15.2. The Morgan fingerprint density at radius 3 is 1.72 bits per heavy atom. The van der Waals surface area contributed by atoms with Gasteiger partial charge in [-0.3, -0.25) is 4.79 Å². The molecule has 0 aromatic carbocycles. The van der Waals surface area contributed by atoms with Gasteiger partial charge in [-0.25, -0.2) is 0 Å². The van der Waals surface area contributed by atoms with Crippen molar-refractivity contribution in [1.82, 2.24) is 0 Å². The van der Waals surface area contributed by atoms with Crippen molar-refractivity contribution in [1.29, 1.82) is 0 Å². The molecule has 5 heteroatoms. The molecular weight excluding hydrogens is 236 g/mol. The third kappa shape index (κ3) is 45.3. The first-order valence-electron chi connectivity index (χ1n) is 6.53. The van der Waals surface area contributed by atoms with Crippen molar-refractivity contribution in [2.24, 2.45) is 0 Å². The lowest BCUT2D eigenvalue weighted by Crippen LogP contribution is -1.99. The van der Waals surface area contributed by atoms with Gasteiger partial charge in [0, 0.05) is 20.1 Å². The van der Waals surface area contributed by atoms with Gasteiger partial charge in [0.1, 0.15) is 0 Å². The largest absolute Gasteiger partial charge is 0.466 e. The zero-order chi connectivity index (χ0) is 14.6. The lowest BCUT2D eigenvalue weighted by atomic mass is 10.3. The lowest BCUT2D eigenvalue weighted by molar-refractivity contribution is -0.141. The quantitative estimate of drug-likeness (QED) is 0.542. The van der Waals surface area contributed by atoms with Crippen LogP contribution in [-0.4, -0.2) is 49.2 Å². The molecule has 0 aliphatic rings. The van der Waals surface area contributed by atoms with Gasteiger partial charge in [0.15, 0.2) is 0 Å². The molecule has 18 heavy (non-hydrogen) atoms. The van der Waals surface area contributed by atoms with Gasteiger partial charge in [0.2, 0.25) is 0 Å². The number of aliphatic hydroxyl groups is 2. The van der Waals surface area contributed by atoms with Crippen LogP contribution in [0.4, 0.5) is 0 Å². The minimum Gasteiger partial charge on any atom is -0.466 e. The van der Waals surface area contributed by atoms with Gasteiger partial charge in [-0.1, -0.05) is 19.8 Å². The van der Waals surface area contributed by atoms with Gasteiger partial charge >= 0.3 is 5.97 Å². The summed E-state index contributed by atoms with van der Waals surface area (Å²) in [5.74, 6) is -0.175. The van der Waals surface area contributed by atoms with Gasteiger partial charge in [-0.15, -0.1) is 0 Å². The molecule has 0 rings (SSSR count). The molecule has 0 bridgehead atoms. The molecule has 0 aromatic rings. The predicted octanol–water partition coefficient (Wildman–Crippen LogP) is 1.75. The third-order valence-electron chi connectivity index (χ3n) is 1.56. The molecule has 0 amide bonds. The summed E-state index contributed by atoms with van der Waals surface area (Å²) in [5.41, 5.74) is 0. The van der Waals surface area contributed by atoms with E-state index in [4.69, 9.17) is 19.7 Å². The van der Waals surface area contributed by atoms with Crippen molar-refractivity contribution in [2.45, 2.75) is 47.0 Å². The van der Waals surface area contributed by atoms with Crippen molar-refractivity contribution >= 4 is 5.97 Å². The van der Waals surface area contributed by atoms with E-state index in [1.165, 1.54) is 13.3 Å². The van der Waals surface area contributed by atoms with E-state index in [2.05, 4.69) is 6.92 Å². The Labute approximate surface area is 111 Å². The van der Waals surface area contributed by atoms with Gasteiger partial charge in [0.05, 0.1) is 19.8 Å². The maximum atomic E-state index is 10.2.